The molecule has 4 nitrogen and oxygen atoms in total. The maximum absolute atomic E-state index is 11.7. The molecule has 0 saturated heterocycles. The highest BCUT2D eigenvalue weighted by Gasteiger charge is 2.16. The van der Waals surface area contributed by atoms with Crippen LogP contribution in [0.1, 0.15) is 18.9 Å². The van der Waals surface area contributed by atoms with Gasteiger partial charge >= 0.3 is 0 Å². The smallest absolute Gasteiger partial charge is 0.237 e. The number of carbonyl (C=O) groups is 1. The molecular weight excluding hydrogens is 254 g/mol. The minimum absolute atomic E-state index is 0.0184. The molecule has 18 heavy (non-hydrogen) atoms. The molecule has 1 aliphatic heterocycles. The van der Waals surface area contributed by atoms with Crippen LogP contribution in [0, 0.1) is 0 Å². The van der Waals surface area contributed by atoms with Crippen LogP contribution in [-0.2, 0) is 11.3 Å². The van der Waals surface area contributed by atoms with E-state index >= 15 is 0 Å². The molecule has 1 aromatic rings. The summed E-state index contributed by atoms with van der Waals surface area (Å²) in [4.78, 5) is 13.4. The van der Waals surface area contributed by atoms with Crippen molar-refractivity contribution in [3.8, 4) is 11.5 Å². The number of carbonyl (C=O) groups excluding carboxylic acids is 1. The third kappa shape index (κ3) is 2.88. The Morgan fingerprint density at radius 1 is 1.39 bits per heavy atom. The lowest BCUT2D eigenvalue weighted by molar-refractivity contribution is -0.129. The van der Waals surface area contributed by atoms with Gasteiger partial charge in [0.15, 0.2) is 11.5 Å². The fraction of sp³-hybridized carbons (Fsp3) is 0.462. The number of rotatable bonds is 5. The van der Waals surface area contributed by atoms with Crippen LogP contribution >= 0.6 is 11.6 Å². The first-order valence-corrected chi connectivity index (χ1v) is 6.50. The van der Waals surface area contributed by atoms with E-state index in [1.807, 2.05) is 25.1 Å². The molecule has 5 heteroatoms. The Bertz CT molecular complexity index is 436. The first kappa shape index (κ1) is 13.0. The molecule has 1 aromatic carbocycles. The highest BCUT2D eigenvalue weighted by atomic mass is 35.5. The van der Waals surface area contributed by atoms with E-state index < -0.39 is 0 Å². The Labute approximate surface area is 111 Å². The summed E-state index contributed by atoms with van der Waals surface area (Å²) in [5.41, 5.74) is 1.02. The van der Waals surface area contributed by atoms with E-state index in [-0.39, 0.29) is 18.6 Å². The molecule has 98 valence electrons. The predicted octanol–water partition coefficient (Wildman–Crippen LogP) is 2.39. The standard InChI is InChI=1S/C13H16ClNO3/c1-2-5-15(13(16)7-14)8-10-3-4-11-12(6-10)18-9-17-11/h3-4,6H,2,5,7-9H2,1H3. The minimum Gasteiger partial charge on any atom is -0.454 e. The molecule has 0 bridgehead atoms. The van der Waals surface area contributed by atoms with Gasteiger partial charge in [-0.3, -0.25) is 4.79 Å². The number of alkyl halides is 1. The van der Waals surface area contributed by atoms with Crippen molar-refractivity contribution in [3.63, 3.8) is 0 Å². The number of hydrogen-bond donors (Lipinski definition) is 0. The Morgan fingerprint density at radius 3 is 2.89 bits per heavy atom. The van der Waals surface area contributed by atoms with Crippen molar-refractivity contribution in [2.75, 3.05) is 19.2 Å². The Balaban J connectivity index is 2.09. The van der Waals surface area contributed by atoms with Crippen LogP contribution in [0.25, 0.3) is 0 Å². The quantitative estimate of drug-likeness (QED) is 0.771. The zero-order valence-corrected chi connectivity index (χ0v) is 11.1. The number of amides is 1. The van der Waals surface area contributed by atoms with Gasteiger partial charge in [-0.25, -0.2) is 0 Å². The number of hydrogen-bond acceptors (Lipinski definition) is 3. The summed E-state index contributed by atoms with van der Waals surface area (Å²) in [5.74, 6) is 1.47. The van der Waals surface area contributed by atoms with Crippen molar-refractivity contribution in [3.05, 3.63) is 23.8 Å². The van der Waals surface area contributed by atoms with Crippen molar-refractivity contribution >= 4 is 17.5 Å². The van der Waals surface area contributed by atoms with Crippen molar-refractivity contribution in [1.82, 2.24) is 4.90 Å². The molecule has 1 aliphatic rings. The summed E-state index contributed by atoms with van der Waals surface area (Å²) in [6, 6.07) is 5.72. The molecule has 0 fully saturated rings. The lowest BCUT2D eigenvalue weighted by Gasteiger charge is -2.21. The van der Waals surface area contributed by atoms with Gasteiger partial charge in [0.05, 0.1) is 0 Å². The SMILES string of the molecule is CCCN(Cc1ccc2c(c1)OCO2)C(=O)CCl. The monoisotopic (exact) mass is 269 g/mol. The first-order valence-electron chi connectivity index (χ1n) is 5.97. The predicted molar refractivity (Wildman–Crippen MR) is 69.0 cm³/mol. The maximum Gasteiger partial charge on any atom is 0.237 e. The van der Waals surface area contributed by atoms with Crippen LogP contribution in [-0.4, -0.2) is 30.0 Å². The number of benzene rings is 1. The van der Waals surface area contributed by atoms with Crippen LogP contribution in [0.3, 0.4) is 0 Å². The molecule has 0 atom stereocenters. The second kappa shape index (κ2) is 5.96. The van der Waals surface area contributed by atoms with E-state index in [2.05, 4.69) is 0 Å². The first-order chi connectivity index (χ1) is 8.74. The zero-order valence-electron chi connectivity index (χ0n) is 10.3. The largest absolute Gasteiger partial charge is 0.454 e. The molecule has 0 saturated carbocycles. The fourth-order valence-corrected chi connectivity index (χ4v) is 2.08. The third-order valence-corrected chi connectivity index (χ3v) is 3.00. The highest BCUT2D eigenvalue weighted by Crippen LogP contribution is 2.32. The Morgan fingerprint density at radius 2 is 2.17 bits per heavy atom. The van der Waals surface area contributed by atoms with Crippen molar-refractivity contribution in [2.24, 2.45) is 0 Å². The fourth-order valence-electron chi connectivity index (χ4n) is 1.91. The number of halogens is 1. The molecule has 1 heterocycles. The normalized spacial score (nSPS) is 12.6. The van der Waals surface area contributed by atoms with Gasteiger partial charge in [-0.05, 0) is 24.1 Å². The lowest BCUT2D eigenvalue weighted by Crippen LogP contribution is -2.32. The van der Waals surface area contributed by atoms with E-state index in [1.54, 1.807) is 4.90 Å². The van der Waals surface area contributed by atoms with Crippen LogP contribution in [0.15, 0.2) is 18.2 Å². The van der Waals surface area contributed by atoms with Gasteiger partial charge in [0.2, 0.25) is 12.7 Å². The molecule has 1 amide bonds. The molecule has 0 spiro atoms. The van der Waals surface area contributed by atoms with Crippen LogP contribution in [0.5, 0.6) is 11.5 Å². The summed E-state index contributed by atoms with van der Waals surface area (Å²) >= 11 is 5.61. The van der Waals surface area contributed by atoms with Gasteiger partial charge < -0.3 is 14.4 Å². The highest BCUT2D eigenvalue weighted by molar-refractivity contribution is 6.27. The average molecular weight is 270 g/mol. The van der Waals surface area contributed by atoms with Crippen LogP contribution < -0.4 is 9.47 Å². The summed E-state index contributed by atoms with van der Waals surface area (Å²) in [6.45, 7) is 3.56. The molecule has 0 aromatic heterocycles. The van der Waals surface area contributed by atoms with Crippen molar-refractivity contribution in [2.45, 2.75) is 19.9 Å². The second-order valence-electron chi connectivity index (χ2n) is 4.14. The van der Waals surface area contributed by atoms with E-state index in [0.29, 0.717) is 13.1 Å². The van der Waals surface area contributed by atoms with Crippen LogP contribution in [0.4, 0.5) is 0 Å². The third-order valence-electron chi connectivity index (χ3n) is 2.77. The van der Waals surface area contributed by atoms with Crippen molar-refractivity contribution in [1.29, 1.82) is 0 Å². The van der Waals surface area contributed by atoms with Gasteiger partial charge in [-0.15, -0.1) is 11.6 Å². The minimum atomic E-state index is -0.0452. The molecule has 0 N–H and O–H groups in total. The van der Waals surface area contributed by atoms with E-state index in [9.17, 15) is 4.79 Å². The lowest BCUT2D eigenvalue weighted by atomic mass is 10.2. The van der Waals surface area contributed by atoms with Gasteiger partial charge in [-0.2, -0.15) is 0 Å². The summed E-state index contributed by atoms with van der Waals surface area (Å²) in [5, 5.41) is 0. The maximum atomic E-state index is 11.7. The number of ether oxygens (including phenoxy) is 2. The Hall–Kier alpha value is -1.42. The van der Waals surface area contributed by atoms with E-state index in [1.165, 1.54) is 0 Å². The van der Waals surface area contributed by atoms with Gasteiger partial charge in [0.1, 0.15) is 5.88 Å². The molecule has 2 rings (SSSR count). The second-order valence-corrected chi connectivity index (χ2v) is 4.40. The number of fused-ring (bicyclic) bond motifs is 1. The van der Waals surface area contributed by atoms with Crippen molar-refractivity contribution < 1.29 is 14.3 Å². The van der Waals surface area contributed by atoms with Gasteiger partial charge in [-0.1, -0.05) is 13.0 Å². The van der Waals surface area contributed by atoms with E-state index in [0.717, 1.165) is 23.5 Å². The topological polar surface area (TPSA) is 38.8 Å². The van der Waals surface area contributed by atoms with E-state index in [4.69, 9.17) is 21.1 Å². The van der Waals surface area contributed by atoms with Gasteiger partial charge in [0, 0.05) is 13.1 Å². The molecular formula is C13H16ClNO3. The van der Waals surface area contributed by atoms with Gasteiger partial charge in [0.25, 0.3) is 0 Å². The van der Waals surface area contributed by atoms with Crippen LogP contribution in [0.2, 0.25) is 0 Å². The Kier molecular flexibility index (Phi) is 4.31. The number of nitrogens with zero attached hydrogens (tertiary/aromatic N) is 1. The molecule has 0 radical (unpaired) electrons. The summed E-state index contributed by atoms with van der Waals surface area (Å²) in [6.07, 6.45) is 0.910. The molecule has 0 unspecified atom stereocenters. The average Bonchev–Trinajstić information content (AvgIpc) is 2.84. The molecule has 0 aliphatic carbocycles. The zero-order chi connectivity index (χ0) is 13.0. The summed E-state index contributed by atoms with van der Waals surface area (Å²) in [7, 11) is 0. The summed E-state index contributed by atoms with van der Waals surface area (Å²) < 4.78 is 10.6.